The third kappa shape index (κ3) is 2.29. The summed E-state index contributed by atoms with van der Waals surface area (Å²) in [6.07, 6.45) is 6.26. The van der Waals surface area contributed by atoms with Gasteiger partial charge in [-0.05, 0) is 54.3 Å². The van der Waals surface area contributed by atoms with Crippen molar-refractivity contribution < 1.29 is 17.9 Å². The summed E-state index contributed by atoms with van der Waals surface area (Å²) in [5.41, 5.74) is 6.68. The van der Waals surface area contributed by atoms with Gasteiger partial charge in [0.25, 0.3) is 5.95 Å². The van der Waals surface area contributed by atoms with Crippen LogP contribution in [-0.4, -0.2) is 31.3 Å². The second-order valence-corrected chi connectivity index (χ2v) is 10.9. The van der Waals surface area contributed by atoms with Crippen LogP contribution >= 0.6 is 11.6 Å². The van der Waals surface area contributed by atoms with Gasteiger partial charge in [0.05, 0.1) is 15.5 Å². The van der Waals surface area contributed by atoms with E-state index in [1.165, 1.54) is 11.1 Å². The molecule has 0 spiro atoms. The van der Waals surface area contributed by atoms with Gasteiger partial charge in [-0.3, -0.25) is 0 Å². The van der Waals surface area contributed by atoms with E-state index in [1.807, 2.05) is 18.2 Å². The average molecular weight is 427 g/mol. The second-order valence-electron chi connectivity index (χ2n) is 8.30. The van der Waals surface area contributed by atoms with Gasteiger partial charge in [-0.15, -0.1) is 17.3 Å². The Morgan fingerprint density at radius 1 is 1.10 bits per heavy atom. The summed E-state index contributed by atoms with van der Waals surface area (Å²) in [4.78, 5) is 0.307. The molecule has 5 aliphatic carbocycles. The molecular weight excluding hydrogens is 408 g/mol. The fourth-order valence-electron chi connectivity index (χ4n) is 5.86. The van der Waals surface area contributed by atoms with Crippen LogP contribution in [0, 0.1) is 17.8 Å². The lowest BCUT2D eigenvalue weighted by molar-refractivity contribution is -0.0227. The normalized spacial score (nSPS) is 38.9. The standard InChI is InChI=1S/C23H19ClO4S/c1-12-27-21-18-16-10-13-6-5-7-14(13)11-17(16)19(22(21)28-12)23(20(18)24)29(25,26)15-8-3-2-4-9-15/h2-4,6-10,17-23H,1,11H2. The minimum atomic E-state index is -3.64. The molecule has 4 nitrogen and oxygen atoms in total. The SMILES string of the molecule is C=C1OC2C(O1)C1C3CC4=C(C=C=C4)C=C3C2C(Cl)C1S(=O)(=O)c1ccccc1. The lowest BCUT2D eigenvalue weighted by Gasteiger charge is -2.55. The van der Waals surface area contributed by atoms with Gasteiger partial charge in [-0.2, -0.15) is 0 Å². The third-order valence-electron chi connectivity index (χ3n) is 6.97. The Morgan fingerprint density at radius 3 is 2.66 bits per heavy atom. The number of hydrogen-bond donors (Lipinski definition) is 0. The van der Waals surface area contributed by atoms with Gasteiger partial charge < -0.3 is 9.47 Å². The molecular formula is C23H19ClO4S. The van der Waals surface area contributed by atoms with Crippen molar-refractivity contribution in [1.29, 1.82) is 0 Å². The van der Waals surface area contributed by atoms with E-state index < -0.39 is 20.5 Å². The maximum Gasteiger partial charge on any atom is 0.272 e. The minimum Gasteiger partial charge on any atom is -0.458 e. The number of sulfone groups is 1. The van der Waals surface area contributed by atoms with E-state index in [9.17, 15) is 8.42 Å². The van der Waals surface area contributed by atoms with Crippen LogP contribution in [0.1, 0.15) is 6.42 Å². The van der Waals surface area contributed by atoms with Crippen molar-refractivity contribution in [1.82, 2.24) is 0 Å². The summed E-state index contributed by atoms with van der Waals surface area (Å²) in [6.45, 7) is 3.83. The van der Waals surface area contributed by atoms with Crippen molar-refractivity contribution in [2.75, 3.05) is 0 Å². The Morgan fingerprint density at radius 2 is 1.86 bits per heavy atom. The zero-order valence-corrected chi connectivity index (χ0v) is 17.1. The van der Waals surface area contributed by atoms with E-state index in [4.69, 9.17) is 21.1 Å². The number of rotatable bonds is 2. The molecule has 2 bridgehead atoms. The molecule has 0 radical (unpaired) electrons. The van der Waals surface area contributed by atoms with Crippen molar-refractivity contribution in [3.05, 3.63) is 83.5 Å². The third-order valence-corrected chi connectivity index (χ3v) is 9.91. The summed E-state index contributed by atoms with van der Waals surface area (Å²) in [6, 6.07) is 8.59. The van der Waals surface area contributed by atoms with Crippen LogP contribution in [-0.2, 0) is 19.3 Å². The highest BCUT2D eigenvalue weighted by molar-refractivity contribution is 7.92. The number of allylic oxidation sites excluding steroid dienone is 4. The summed E-state index contributed by atoms with van der Waals surface area (Å²) >= 11 is 6.96. The molecule has 7 atom stereocenters. The number of alkyl halides is 1. The zero-order valence-electron chi connectivity index (χ0n) is 15.5. The molecule has 0 aromatic heterocycles. The van der Waals surface area contributed by atoms with Crippen LogP contribution in [0.3, 0.4) is 0 Å². The van der Waals surface area contributed by atoms with E-state index >= 15 is 0 Å². The highest BCUT2D eigenvalue weighted by atomic mass is 35.5. The fourth-order valence-corrected chi connectivity index (χ4v) is 8.85. The van der Waals surface area contributed by atoms with Crippen molar-refractivity contribution in [2.45, 2.75) is 34.2 Å². The molecule has 6 aliphatic rings. The van der Waals surface area contributed by atoms with Gasteiger partial charge in [-0.25, -0.2) is 8.42 Å². The maximum atomic E-state index is 13.7. The van der Waals surface area contributed by atoms with Crippen molar-refractivity contribution >= 4 is 21.4 Å². The van der Waals surface area contributed by atoms with Crippen molar-refractivity contribution in [3.8, 4) is 0 Å². The first kappa shape index (κ1) is 17.6. The van der Waals surface area contributed by atoms with Crippen molar-refractivity contribution in [3.63, 3.8) is 0 Å². The molecule has 1 aromatic rings. The number of halogens is 1. The largest absolute Gasteiger partial charge is 0.458 e. The number of hydrogen-bond acceptors (Lipinski definition) is 4. The minimum absolute atomic E-state index is 0.0533. The molecule has 0 amide bonds. The zero-order chi connectivity index (χ0) is 19.9. The highest BCUT2D eigenvalue weighted by Crippen LogP contribution is 2.60. The van der Waals surface area contributed by atoms with Crippen LogP contribution in [0.25, 0.3) is 0 Å². The molecule has 1 saturated heterocycles. The molecule has 1 aromatic carbocycles. The first-order valence-electron chi connectivity index (χ1n) is 9.79. The fraction of sp³-hybridized carbons (Fsp3) is 0.348. The lowest BCUT2D eigenvalue weighted by Crippen LogP contribution is -2.65. The highest BCUT2D eigenvalue weighted by Gasteiger charge is 2.67. The van der Waals surface area contributed by atoms with E-state index in [1.54, 1.807) is 24.3 Å². The number of ether oxygens (including phenoxy) is 2. The number of fused-ring (bicyclic) bond motifs is 1. The Hall–Kier alpha value is -2.20. The van der Waals surface area contributed by atoms with Crippen LogP contribution in [0.2, 0.25) is 0 Å². The second kappa shape index (κ2) is 5.91. The predicted molar refractivity (Wildman–Crippen MR) is 109 cm³/mol. The van der Waals surface area contributed by atoms with Crippen LogP contribution in [0.15, 0.2) is 88.4 Å². The molecule has 0 N–H and O–H groups in total. The maximum absolute atomic E-state index is 13.7. The lowest BCUT2D eigenvalue weighted by atomic mass is 9.55. The summed E-state index contributed by atoms with van der Waals surface area (Å²) in [5, 5.41) is -1.33. The van der Waals surface area contributed by atoms with Gasteiger partial charge in [0.15, 0.2) is 9.84 Å². The van der Waals surface area contributed by atoms with Gasteiger partial charge >= 0.3 is 0 Å². The van der Waals surface area contributed by atoms with E-state index in [0.29, 0.717) is 4.90 Å². The van der Waals surface area contributed by atoms with E-state index in [0.717, 1.165) is 12.0 Å². The first-order valence-corrected chi connectivity index (χ1v) is 11.8. The molecule has 7 rings (SSSR count). The van der Waals surface area contributed by atoms with Crippen LogP contribution < -0.4 is 0 Å². The summed E-state index contributed by atoms with van der Waals surface area (Å²) in [7, 11) is -3.64. The molecule has 29 heavy (non-hydrogen) atoms. The molecule has 1 heterocycles. The molecule has 3 saturated carbocycles. The van der Waals surface area contributed by atoms with Gasteiger partial charge in [0.1, 0.15) is 12.2 Å². The quantitative estimate of drug-likeness (QED) is 0.531. The summed E-state index contributed by atoms with van der Waals surface area (Å²) < 4.78 is 39.3. The Balaban J connectivity index is 1.51. The first-order chi connectivity index (χ1) is 14.0. The average Bonchev–Trinajstić information content (AvgIpc) is 3.32. The van der Waals surface area contributed by atoms with E-state index in [2.05, 4.69) is 18.4 Å². The molecule has 7 unspecified atom stereocenters. The Labute approximate surface area is 174 Å². The molecule has 6 heteroatoms. The molecule has 1 aliphatic heterocycles. The Kier molecular flexibility index (Phi) is 3.60. The van der Waals surface area contributed by atoms with Crippen LogP contribution in [0.5, 0.6) is 0 Å². The van der Waals surface area contributed by atoms with Crippen molar-refractivity contribution in [2.24, 2.45) is 17.8 Å². The Bertz CT molecular complexity index is 1160. The summed E-state index contributed by atoms with van der Waals surface area (Å²) in [5.74, 6) is -0.220. The van der Waals surface area contributed by atoms with Crippen LogP contribution in [0.4, 0.5) is 0 Å². The topological polar surface area (TPSA) is 52.6 Å². The van der Waals surface area contributed by atoms with E-state index in [-0.39, 0.29) is 35.9 Å². The van der Waals surface area contributed by atoms with Gasteiger partial charge in [0.2, 0.25) is 0 Å². The van der Waals surface area contributed by atoms with Gasteiger partial charge in [-0.1, -0.05) is 29.8 Å². The predicted octanol–water partition coefficient (Wildman–Crippen LogP) is 3.92. The smallest absolute Gasteiger partial charge is 0.272 e. The molecule has 148 valence electrons. The number of benzene rings is 1. The molecule has 4 fully saturated rings. The monoisotopic (exact) mass is 426 g/mol. The van der Waals surface area contributed by atoms with Gasteiger partial charge in [0, 0.05) is 11.8 Å².